The number of halogens is 1. The third-order valence-electron chi connectivity index (χ3n) is 3.31. The molecule has 0 aliphatic rings. The number of hydrogen-bond acceptors (Lipinski definition) is 4. The summed E-state index contributed by atoms with van der Waals surface area (Å²) < 4.78 is 38.2. The number of rotatable bonds is 6. The Morgan fingerprint density at radius 2 is 1.96 bits per heavy atom. The van der Waals surface area contributed by atoms with Crippen LogP contribution in [-0.2, 0) is 14.8 Å². The summed E-state index contributed by atoms with van der Waals surface area (Å²) in [5.74, 6) is -0.931. The smallest absolute Gasteiger partial charge is 0.232 e. The maximum Gasteiger partial charge on any atom is 0.232 e. The lowest BCUT2D eigenvalue weighted by molar-refractivity contribution is -0.116. The average molecular weight is 361 g/mol. The standard InChI is InChI=1S/C17H16FN3O3S/c1-25(23,24)21(16-7-2-4-13(10-16)12-19)9-8-17(22)20-15-6-3-5-14(18)11-15/h2-7,10-11H,8-9H2,1H3,(H,20,22). The predicted octanol–water partition coefficient (Wildman–Crippen LogP) is 2.49. The van der Waals surface area contributed by atoms with Gasteiger partial charge >= 0.3 is 0 Å². The van der Waals surface area contributed by atoms with Gasteiger partial charge in [-0.3, -0.25) is 9.10 Å². The van der Waals surface area contributed by atoms with Gasteiger partial charge in [0.25, 0.3) is 0 Å². The minimum Gasteiger partial charge on any atom is -0.326 e. The molecular formula is C17H16FN3O3S. The van der Waals surface area contributed by atoms with Crippen molar-refractivity contribution in [2.75, 3.05) is 22.4 Å². The van der Waals surface area contributed by atoms with E-state index in [-0.39, 0.29) is 13.0 Å². The van der Waals surface area contributed by atoms with Crippen molar-refractivity contribution in [3.05, 3.63) is 59.9 Å². The minimum atomic E-state index is -3.63. The van der Waals surface area contributed by atoms with E-state index >= 15 is 0 Å². The van der Waals surface area contributed by atoms with Crippen LogP contribution in [0.15, 0.2) is 48.5 Å². The molecule has 0 aromatic heterocycles. The molecule has 0 fully saturated rings. The van der Waals surface area contributed by atoms with Gasteiger partial charge in [0, 0.05) is 18.7 Å². The predicted molar refractivity (Wildman–Crippen MR) is 93.0 cm³/mol. The van der Waals surface area contributed by atoms with Crippen molar-refractivity contribution in [3.8, 4) is 6.07 Å². The van der Waals surface area contributed by atoms with Gasteiger partial charge in [-0.2, -0.15) is 5.26 Å². The first-order valence-electron chi connectivity index (χ1n) is 7.33. The van der Waals surface area contributed by atoms with Crippen LogP contribution in [0.1, 0.15) is 12.0 Å². The van der Waals surface area contributed by atoms with Crippen LogP contribution in [0.4, 0.5) is 15.8 Å². The summed E-state index contributed by atoms with van der Waals surface area (Å²) in [6, 6.07) is 13.5. The van der Waals surface area contributed by atoms with E-state index < -0.39 is 21.7 Å². The van der Waals surface area contributed by atoms with Crippen molar-refractivity contribution in [1.29, 1.82) is 5.26 Å². The Morgan fingerprint density at radius 3 is 2.60 bits per heavy atom. The minimum absolute atomic E-state index is 0.102. The zero-order valence-corrected chi connectivity index (χ0v) is 14.3. The second-order valence-electron chi connectivity index (χ2n) is 5.31. The van der Waals surface area contributed by atoms with Crippen molar-refractivity contribution in [3.63, 3.8) is 0 Å². The number of hydrogen-bond donors (Lipinski definition) is 1. The van der Waals surface area contributed by atoms with E-state index in [9.17, 15) is 17.6 Å². The lowest BCUT2D eigenvalue weighted by Crippen LogP contribution is -2.33. The number of nitriles is 1. The molecule has 8 heteroatoms. The first kappa shape index (κ1) is 18.4. The highest BCUT2D eigenvalue weighted by molar-refractivity contribution is 7.92. The fourth-order valence-corrected chi connectivity index (χ4v) is 3.13. The summed E-state index contributed by atoms with van der Waals surface area (Å²) in [4.78, 5) is 12.0. The monoisotopic (exact) mass is 361 g/mol. The van der Waals surface area contributed by atoms with Crippen molar-refractivity contribution in [2.45, 2.75) is 6.42 Å². The number of benzene rings is 2. The first-order valence-corrected chi connectivity index (χ1v) is 9.18. The molecule has 6 nitrogen and oxygen atoms in total. The van der Waals surface area contributed by atoms with Crippen LogP contribution in [-0.4, -0.2) is 27.1 Å². The summed E-state index contributed by atoms with van der Waals surface area (Å²) in [6.07, 6.45) is 0.900. The highest BCUT2D eigenvalue weighted by Gasteiger charge is 2.19. The van der Waals surface area contributed by atoms with Crippen molar-refractivity contribution in [2.24, 2.45) is 0 Å². The van der Waals surface area contributed by atoms with Gasteiger partial charge in [0.15, 0.2) is 0 Å². The first-order chi connectivity index (χ1) is 11.8. The number of anilines is 2. The van der Waals surface area contributed by atoms with E-state index in [0.717, 1.165) is 10.6 Å². The molecule has 1 amide bonds. The molecule has 130 valence electrons. The summed E-state index contributed by atoms with van der Waals surface area (Å²) in [5, 5.41) is 11.4. The van der Waals surface area contributed by atoms with Crippen molar-refractivity contribution < 1.29 is 17.6 Å². The molecule has 0 aliphatic carbocycles. The largest absolute Gasteiger partial charge is 0.326 e. The number of carbonyl (C=O) groups excluding carboxylic acids is 1. The number of amides is 1. The third kappa shape index (κ3) is 5.29. The van der Waals surface area contributed by atoms with E-state index in [2.05, 4.69) is 5.32 Å². The highest BCUT2D eigenvalue weighted by Crippen LogP contribution is 2.19. The Labute approximate surface area is 145 Å². The van der Waals surface area contributed by atoms with Crippen LogP contribution in [0, 0.1) is 17.1 Å². The molecule has 0 unspecified atom stereocenters. The van der Waals surface area contributed by atoms with E-state index in [1.54, 1.807) is 18.2 Å². The maximum absolute atomic E-state index is 13.1. The molecule has 2 aromatic carbocycles. The van der Waals surface area contributed by atoms with Crippen LogP contribution in [0.25, 0.3) is 0 Å². The van der Waals surface area contributed by atoms with Gasteiger partial charge in [-0.25, -0.2) is 12.8 Å². The Balaban J connectivity index is 2.10. The molecule has 0 spiro atoms. The zero-order valence-electron chi connectivity index (χ0n) is 13.4. The number of nitrogens with zero attached hydrogens (tertiary/aromatic N) is 2. The lowest BCUT2D eigenvalue weighted by Gasteiger charge is -2.22. The summed E-state index contributed by atoms with van der Waals surface area (Å²) in [5.41, 5.74) is 0.915. The Bertz CT molecular complexity index is 923. The lowest BCUT2D eigenvalue weighted by atomic mass is 10.2. The van der Waals surface area contributed by atoms with Gasteiger partial charge in [0.05, 0.1) is 23.6 Å². The van der Waals surface area contributed by atoms with Gasteiger partial charge in [0.1, 0.15) is 5.82 Å². The van der Waals surface area contributed by atoms with Gasteiger partial charge in [-0.15, -0.1) is 0 Å². The second-order valence-corrected chi connectivity index (χ2v) is 7.21. The SMILES string of the molecule is CS(=O)(=O)N(CCC(=O)Nc1cccc(F)c1)c1cccc(C#N)c1. The van der Waals surface area contributed by atoms with Crippen LogP contribution in [0.2, 0.25) is 0 Å². The summed E-state index contributed by atoms with van der Waals surface area (Å²) in [7, 11) is -3.63. The molecule has 0 aliphatic heterocycles. The fourth-order valence-electron chi connectivity index (χ4n) is 2.21. The van der Waals surface area contributed by atoms with Gasteiger partial charge in [0.2, 0.25) is 15.9 Å². The summed E-state index contributed by atoms with van der Waals surface area (Å²) >= 11 is 0. The quantitative estimate of drug-likeness (QED) is 0.856. The molecule has 0 radical (unpaired) electrons. The molecule has 0 saturated carbocycles. The molecule has 25 heavy (non-hydrogen) atoms. The van der Waals surface area contributed by atoms with E-state index in [0.29, 0.717) is 16.9 Å². The van der Waals surface area contributed by atoms with Gasteiger partial charge in [-0.1, -0.05) is 12.1 Å². The van der Waals surface area contributed by atoms with E-state index in [1.807, 2.05) is 6.07 Å². The molecule has 0 heterocycles. The normalized spacial score (nSPS) is 10.8. The Kier molecular flexibility index (Phi) is 5.72. The summed E-state index contributed by atoms with van der Waals surface area (Å²) in [6.45, 7) is -0.102. The number of nitrogens with one attached hydrogen (secondary N) is 1. The maximum atomic E-state index is 13.1. The topological polar surface area (TPSA) is 90.3 Å². The molecule has 1 N–H and O–H groups in total. The molecular weight excluding hydrogens is 345 g/mol. The van der Waals surface area contributed by atoms with Gasteiger partial charge in [-0.05, 0) is 36.4 Å². The molecule has 2 rings (SSSR count). The fraction of sp³-hybridized carbons (Fsp3) is 0.176. The second kappa shape index (κ2) is 7.77. The molecule has 0 atom stereocenters. The Morgan fingerprint density at radius 1 is 1.24 bits per heavy atom. The van der Waals surface area contributed by atoms with Gasteiger partial charge < -0.3 is 5.32 Å². The van der Waals surface area contributed by atoms with Crippen molar-refractivity contribution >= 4 is 27.3 Å². The Hall–Kier alpha value is -2.92. The van der Waals surface area contributed by atoms with Crippen LogP contribution in [0.3, 0.4) is 0 Å². The highest BCUT2D eigenvalue weighted by atomic mass is 32.2. The number of sulfonamides is 1. The van der Waals surface area contributed by atoms with E-state index in [4.69, 9.17) is 5.26 Å². The van der Waals surface area contributed by atoms with Crippen LogP contribution in [0.5, 0.6) is 0 Å². The molecule has 0 bridgehead atoms. The van der Waals surface area contributed by atoms with Crippen molar-refractivity contribution in [1.82, 2.24) is 0 Å². The molecule has 0 saturated heterocycles. The third-order valence-corrected chi connectivity index (χ3v) is 4.51. The number of carbonyl (C=O) groups is 1. The van der Waals surface area contributed by atoms with Crippen LogP contribution >= 0.6 is 0 Å². The average Bonchev–Trinajstić information content (AvgIpc) is 2.54. The van der Waals surface area contributed by atoms with Crippen LogP contribution < -0.4 is 9.62 Å². The van der Waals surface area contributed by atoms with E-state index in [1.165, 1.54) is 30.3 Å². The molecule has 2 aromatic rings. The zero-order chi connectivity index (χ0) is 18.4.